The van der Waals surface area contributed by atoms with Crippen LogP contribution >= 0.6 is 23.8 Å². The van der Waals surface area contributed by atoms with Crippen molar-refractivity contribution >= 4 is 40.5 Å². The van der Waals surface area contributed by atoms with Crippen LogP contribution < -0.4 is 25.5 Å². The Morgan fingerprint density at radius 1 is 1.13 bits per heavy atom. The highest BCUT2D eigenvalue weighted by atomic mass is 35.5. The van der Waals surface area contributed by atoms with Crippen LogP contribution in [0.2, 0.25) is 5.02 Å². The van der Waals surface area contributed by atoms with Crippen molar-refractivity contribution in [3.63, 3.8) is 0 Å². The summed E-state index contributed by atoms with van der Waals surface area (Å²) in [5, 5.41) is 4.04. The Bertz CT molecular complexity index is 687. The minimum absolute atomic E-state index is 0.189. The van der Waals surface area contributed by atoms with Gasteiger partial charge in [0.2, 0.25) is 5.84 Å². The molecule has 0 atom stereocenters. The highest BCUT2D eigenvalue weighted by Crippen LogP contribution is 2.16. The second-order valence-corrected chi connectivity index (χ2v) is 5.42. The van der Waals surface area contributed by atoms with E-state index < -0.39 is 0 Å². The Hall–Kier alpha value is -2.31. The predicted molar refractivity (Wildman–Crippen MR) is 96.3 cm³/mol. The molecule has 0 fully saturated rings. The Kier molecular flexibility index (Phi) is 6.19. The van der Waals surface area contributed by atoms with Crippen LogP contribution in [-0.2, 0) is 0 Å². The molecule has 0 aliphatic rings. The highest BCUT2D eigenvalue weighted by molar-refractivity contribution is 7.80. The zero-order chi connectivity index (χ0) is 16.7. The monoisotopic (exact) mass is 350 g/mol. The maximum absolute atomic E-state index is 5.86. The summed E-state index contributed by atoms with van der Waals surface area (Å²) in [7, 11) is 1.61. The number of anilines is 1. The van der Waals surface area contributed by atoms with Gasteiger partial charge in [0.25, 0.3) is 5.11 Å². The first kappa shape index (κ1) is 17.1. The molecule has 4 N–H and O–H groups in total. The molecule has 0 unspecified atom stereocenters. The first-order chi connectivity index (χ1) is 11.1. The summed E-state index contributed by atoms with van der Waals surface area (Å²) >= 11 is 11.0. The summed E-state index contributed by atoms with van der Waals surface area (Å²) in [5.74, 6) is 1.85. The molecule has 0 aliphatic heterocycles. The molecule has 0 bridgehead atoms. The van der Waals surface area contributed by atoms with Gasteiger partial charge in [0, 0.05) is 5.02 Å². The van der Waals surface area contributed by atoms with Gasteiger partial charge in [0.05, 0.1) is 12.8 Å². The van der Waals surface area contributed by atoms with E-state index in [0.717, 1.165) is 11.4 Å². The smallest absolute Gasteiger partial charge is 0.292 e. The Morgan fingerprint density at radius 3 is 2.35 bits per heavy atom. The number of hydrogen-bond donors (Lipinski definition) is 3. The van der Waals surface area contributed by atoms with Crippen molar-refractivity contribution in [1.29, 1.82) is 0 Å². The number of thiocarbonyl (C=S) groups is 1. The molecule has 2 aromatic rings. The van der Waals surface area contributed by atoms with E-state index in [4.69, 9.17) is 39.0 Å². The maximum atomic E-state index is 5.86. The van der Waals surface area contributed by atoms with Gasteiger partial charge in [0.1, 0.15) is 11.5 Å². The zero-order valence-corrected chi connectivity index (χ0v) is 14.1. The van der Waals surface area contributed by atoms with Gasteiger partial charge in [-0.15, -0.1) is 0 Å². The lowest BCUT2D eigenvalue weighted by atomic mass is 10.3. The number of nitrogens with one attached hydrogen (secondary N) is 2. The van der Waals surface area contributed by atoms with Crippen LogP contribution in [0.4, 0.5) is 5.69 Å². The van der Waals surface area contributed by atoms with Gasteiger partial charge in [0.15, 0.2) is 6.61 Å². The number of amidine groups is 1. The van der Waals surface area contributed by atoms with Crippen molar-refractivity contribution in [1.82, 2.24) is 0 Å². The Labute approximate surface area is 145 Å². The summed E-state index contributed by atoms with van der Waals surface area (Å²) in [6, 6.07) is 14.4. The van der Waals surface area contributed by atoms with Gasteiger partial charge in [-0.25, -0.2) is 4.99 Å². The van der Waals surface area contributed by atoms with Crippen LogP contribution in [0.5, 0.6) is 11.5 Å². The number of nitrogens with two attached hydrogens (primary N) is 1. The molecule has 0 aliphatic carbocycles. The SMILES string of the molecule is COc1ccc(OCC(N)=[NH+]C(=S)Nc2ccc(Cl)cc2)cc1. The normalized spacial score (nSPS) is 11.0. The van der Waals surface area contributed by atoms with Crippen molar-refractivity contribution in [2.24, 2.45) is 5.73 Å². The molecule has 2 aromatic carbocycles. The first-order valence-electron chi connectivity index (χ1n) is 6.78. The third-order valence-corrected chi connectivity index (χ3v) is 3.29. The van der Waals surface area contributed by atoms with Crippen molar-refractivity contribution in [2.45, 2.75) is 0 Å². The third-order valence-electron chi connectivity index (χ3n) is 2.83. The van der Waals surface area contributed by atoms with Crippen molar-refractivity contribution < 1.29 is 14.5 Å². The van der Waals surface area contributed by atoms with Crippen LogP contribution in [0.1, 0.15) is 0 Å². The van der Waals surface area contributed by atoms with E-state index in [1.165, 1.54) is 0 Å². The molecule has 2 rings (SSSR count). The third kappa shape index (κ3) is 5.77. The molecule has 120 valence electrons. The Balaban J connectivity index is 1.85. The average Bonchev–Trinajstić information content (AvgIpc) is 2.55. The van der Waals surface area contributed by atoms with Crippen LogP contribution in [0.15, 0.2) is 48.5 Å². The average molecular weight is 351 g/mol. The van der Waals surface area contributed by atoms with E-state index in [1.54, 1.807) is 31.4 Å². The van der Waals surface area contributed by atoms with E-state index in [9.17, 15) is 0 Å². The van der Waals surface area contributed by atoms with E-state index >= 15 is 0 Å². The molecule has 0 saturated carbocycles. The molecule has 0 aromatic heterocycles. The van der Waals surface area contributed by atoms with Gasteiger partial charge in [-0.2, -0.15) is 0 Å². The minimum atomic E-state index is 0.189. The quantitative estimate of drug-likeness (QED) is 0.434. The number of halogens is 1. The van der Waals surface area contributed by atoms with Crippen molar-refractivity contribution in [3.05, 3.63) is 53.6 Å². The molecule has 5 nitrogen and oxygen atoms in total. The highest BCUT2D eigenvalue weighted by Gasteiger charge is 2.05. The second kappa shape index (κ2) is 8.36. The molecule has 0 saturated heterocycles. The molecular weight excluding hydrogens is 334 g/mol. The topological polar surface area (TPSA) is 70.5 Å². The van der Waals surface area contributed by atoms with Crippen molar-refractivity contribution in [3.8, 4) is 11.5 Å². The number of hydrogen-bond acceptors (Lipinski definition) is 3. The van der Waals surface area contributed by atoms with Crippen molar-refractivity contribution in [2.75, 3.05) is 19.0 Å². The predicted octanol–water partition coefficient (Wildman–Crippen LogP) is 1.56. The minimum Gasteiger partial charge on any atom is -0.497 e. The number of rotatable bonds is 5. The molecule has 7 heteroatoms. The van der Waals surface area contributed by atoms with Gasteiger partial charge in [-0.05, 0) is 60.7 Å². The van der Waals surface area contributed by atoms with Gasteiger partial charge >= 0.3 is 0 Å². The lowest BCUT2D eigenvalue weighted by Crippen LogP contribution is -2.81. The fourth-order valence-corrected chi connectivity index (χ4v) is 2.09. The van der Waals surface area contributed by atoms with Crippen LogP contribution in [0, 0.1) is 0 Å². The number of ether oxygens (including phenoxy) is 2. The molecule has 0 spiro atoms. The molecule has 23 heavy (non-hydrogen) atoms. The first-order valence-corrected chi connectivity index (χ1v) is 7.57. The summed E-state index contributed by atoms with van der Waals surface area (Å²) in [4.78, 5) is 2.87. The summed E-state index contributed by atoms with van der Waals surface area (Å²) in [5.41, 5.74) is 6.68. The molecular formula is C16H17ClN3O2S+. The number of benzene rings is 2. The number of methoxy groups -OCH3 is 1. The summed E-state index contributed by atoms with van der Waals surface area (Å²) in [6.45, 7) is 0.189. The second-order valence-electron chi connectivity index (χ2n) is 4.58. The van der Waals surface area contributed by atoms with E-state index in [-0.39, 0.29) is 6.61 Å². The summed E-state index contributed by atoms with van der Waals surface area (Å²) in [6.07, 6.45) is 0. The largest absolute Gasteiger partial charge is 0.497 e. The molecule has 0 amide bonds. The van der Waals surface area contributed by atoms with Crippen LogP contribution in [-0.4, -0.2) is 24.7 Å². The van der Waals surface area contributed by atoms with E-state index in [1.807, 2.05) is 24.3 Å². The van der Waals surface area contributed by atoms with Crippen LogP contribution in [0.25, 0.3) is 0 Å². The van der Waals surface area contributed by atoms with Gasteiger partial charge in [-0.3, -0.25) is 5.32 Å². The molecule has 0 heterocycles. The molecule has 0 radical (unpaired) electrons. The Morgan fingerprint density at radius 2 is 1.74 bits per heavy atom. The maximum Gasteiger partial charge on any atom is 0.292 e. The summed E-state index contributed by atoms with van der Waals surface area (Å²) < 4.78 is 10.6. The van der Waals surface area contributed by atoms with E-state index in [2.05, 4.69) is 10.3 Å². The fourth-order valence-electron chi connectivity index (χ4n) is 1.71. The fraction of sp³-hybridized carbons (Fsp3) is 0.125. The zero-order valence-electron chi connectivity index (χ0n) is 12.5. The standard InChI is InChI=1S/C16H16ClN3O2S/c1-21-13-6-8-14(9-7-13)22-10-15(18)20-16(23)19-12-4-2-11(17)3-5-12/h2-9H,10H2,1H3,(H3,18,19,20,23)/p+1. The van der Waals surface area contributed by atoms with Crippen LogP contribution in [0.3, 0.4) is 0 Å². The van der Waals surface area contributed by atoms with Gasteiger partial charge in [-0.1, -0.05) is 11.6 Å². The van der Waals surface area contributed by atoms with Gasteiger partial charge < -0.3 is 15.2 Å². The lowest BCUT2D eigenvalue weighted by molar-refractivity contribution is -0.314. The lowest BCUT2D eigenvalue weighted by Gasteiger charge is -2.05. The van der Waals surface area contributed by atoms with E-state index in [0.29, 0.717) is 21.7 Å².